The number of ether oxygens (including phenoxy) is 1. The zero-order valence-corrected chi connectivity index (χ0v) is 12.9. The fourth-order valence-electron chi connectivity index (χ4n) is 1.27. The van der Waals surface area contributed by atoms with Crippen LogP contribution >= 0.6 is 15.9 Å². The van der Waals surface area contributed by atoms with Gasteiger partial charge in [0.25, 0.3) is 5.91 Å². The van der Waals surface area contributed by atoms with Gasteiger partial charge in [-0.2, -0.15) is 0 Å². The van der Waals surface area contributed by atoms with Crippen LogP contribution in [0.4, 0.5) is 0 Å². The highest BCUT2D eigenvalue weighted by molar-refractivity contribution is 9.10. The van der Waals surface area contributed by atoms with Gasteiger partial charge in [0.15, 0.2) is 0 Å². The molecule has 0 aliphatic heterocycles. The standard InChI is InChI=1S/C11H15BrN2O4S/c1-7(18-2)6-14-11(15)9-5-8(19(13,16)17)3-4-10(9)12/h3-5,7H,6H2,1-2H3,(H,14,15)(H2,13,16,17). The molecule has 0 saturated carbocycles. The highest BCUT2D eigenvalue weighted by Gasteiger charge is 2.15. The Morgan fingerprint density at radius 3 is 2.68 bits per heavy atom. The monoisotopic (exact) mass is 350 g/mol. The Morgan fingerprint density at radius 1 is 1.53 bits per heavy atom. The maximum atomic E-state index is 11.9. The van der Waals surface area contributed by atoms with Crippen LogP contribution in [0.3, 0.4) is 0 Å². The minimum atomic E-state index is -3.84. The third kappa shape index (κ3) is 4.57. The minimum absolute atomic E-state index is 0.111. The summed E-state index contributed by atoms with van der Waals surface area (Å²) in [6, 6.07) is 4.02. The molecule has 106 valence electrons. The number of benzene rings is 1. The lowest BCUT2D eigenvalue weighted by atomic mass is 10.2. The van der Waals surface area contributed by atoms with Crippen LogP contribution in [-0.4, -0.2) is 34.1 Å². The van der Waals surface area contributed by atoms with Crippen LogP contribution in [0.15, 0.2) is 27.6 Å². The van der Waals surface area contributed by atoms with Crippen molar-refractivity contribution in [2.24, 2.45) is 5.14 Å². The molecule has 0 spiro atoms. The number of nitrogens with two attached hydrogens (primary N) is 1. The lowest BCUT2D eigenvalue weighted by Gasteiger charge is -2.12. The summed E-state index contributed by atoms with van der Waals surface area (Å²) < 4.78 is 28.0. The average molecular weight is 351 g/mol. The van der Waals surface area contributed by atoms with Crippen molar-refractivity contribution in [1.82, 2.24) is 5.32 Å². The second-order valence-electron chi connectivity index (χ2n) is 3.94. The van der Waals surface area contributed by atoms with Crippen molar-refractivity contribution in [2.75, 3.05) is 13.7 Å². The molecule has 1 amide bonds. The van der Waals surface area contributed by atoms with E-state index in [0.717, 1.165) is 0 Å². The molecule has 1 unspecified atom stereocenters. The fraction of sp³-hybridized carbons (Fsp3) is 0.364. The Bertz CT molecular complexity index is 574. The molecule has 1 aromatic carbocycles. The van der Waals surface area contributed by atoms with Crippen molar-refractivity contribution in [3.63, 3.8) is 0 Å². The van der Waals surface area contributed by atoms with Gasteiger partial charge in [0.05, 0.1) is 16.6 Å². The van der Waals surface area contributed by atoms with E-state index in [0.29, 0.717) is 11.0 Å². The number of amides is 1. The van der Waals surface area contributed by atoms with E-state index in [2.05, 4.69) is 21.2 Å². The summed E-state index contributed by atoms with van der Waals surface area (Å²) in [5.41, 5.74) is 0.204. The molecule has 0 aliphatic carbocycles. The van der Waals surface area contributed by atoms with E-state index in [1.165, 1.54) is 25.3 Å². The first kappa shape index (κ1) is 16.1. The van der Waals surface area contributed by atoms with Gasteiger partial charge < -0.3 is 10.1 Å². The zero-order chi connectivity index (χ0) is 14.6. The SMILES string of the molecule is COC(C)CNC(=O)c1cc(S(N)(=O)=O)ccc1Br. The maximum absolute atomic E-state index is 11.9. The summed E-state index contributed by atoms with van der Waals surface area (Å²) in [7, 11) is -2.30. The molecular weight excluding hydrogens is 336 g/mol. The van der Waals surface area contributed by atoms with E-state index < -0.39 is 15.9 Å². The summed E-state index contributed by atoms with van der Waals surface area (Å²) in [6.45, 7) is 2.12. The van der Waals surface area contributed by atoms with E-state index in [1.807, 2.05) is 0 Å². The number of sulfonamides is 1. The Hall–Kier alpha value is -0.960. The summed E-state index contributed by atoms with van der Waals surface area (Å²) in [5, 5.41) is 7.66. The molecule has 0 fully saturated rings. The molecule has 0 bridgehead atoms. The first-order valence-electron chi connectivity index (χ1n) is 5.39. The van der Waals surface area contributed by atoms with E-state index in [-0.39, 0.29) is 16.6 Å². The van der Waals surface area contributed by atoms with Crippen LogP contribution in [0.5, 0.6) is 0 Å². The highest BCUT2D eigenvalue weighted by Crippen LogP contribution is 2.20. The number of primary sulfonamides is 1. The molecule has 0 aliphatic rings. The number of hydrogen-bond acceptors (Lipinski definition) is 4. The summed E-state index contributed by atoms with van der Waals surface area (Å²) >= 11 is 3.19. The van der Waals surface area contributed by atoms with Crippen molar-refractivity contribution in [3.05, 3.63) is 28.2 Å². The Balaban J connectivity index is 2.96. The fourth-order valence-corrected chi connectivity index (χ4v) is 2.24. The van der Waals surface area contributed by atoms with E-state index in [4.69, 9.17) is 9.88 Å². The second-order valence-corrected chi connectivity index (χ2v) is 6.36. The molecule has 8 heteroatoms. The van der Waals surface area contributed by atoms with Crippen LogP contribution in [-0.2, 0) is 14.8 Å². The lowest BCUT2D eigenvalue weighted by Crippen LogP contribution is -2.32. The predicted molar refractivity (Wildman–Crippen MR) is 74.3 cm³/mol. The van der Waals surface area contributed by atoms with E-state index in [9.17, 15) is 13.2 Å². The number of halogens is 1. The third-order valence-corrected chi connectivity index (χ3v) is 4.07. The van der Waals surface area contributed by atoms with Crippen molar-refractivity contribution in [2.45, 2.75) is 17.9 Å². The molecule has 1 atom stereocenters. The first-order valence-corrected chi connectivity index (χ1v) is 7.73. The molecular formula is C11H15BrN2O4S. The second kappa shape index (κ2) is 6.47. The Kier molecular flexibility index (Phi) is 5.48. The average Bonchev–Trinajstić information content (AvgIpc) is 2.34. The van der Waals surface area contributed by atoms with Crippen molar-refractivity contribution in [1.29, 1.82) is 0 Å². The van der Waals surface area contributed by atoms with Crippen LogP contribution in [0, 0.1) is 0 Å². The molecule has 3 N–H and O–H groups in total. The van der Waals surface area contributed by atoms with Gasteiger partial charge in [0.2, 0.25) is 10.0 Å². The van der Waals surface area contributed by atoms with Crippen LogP contribution in [0.2, 0.25) is 0 Å². The van der Waals surface area contributed by atoms with Gasteiger partial charge in [0, 0.05) is 18.1 Å². The van der Waals surface area contributed by atoms with Gasteiger partial charge >= 0.3 is 0 Å². The van der Waals surface area contributed by atoms with Gasteiger partial charge in [-0.1, -0.05) is 0 Å². The normalized spacial score (nSPS) is 13.1. The number of carbonyl (C=O) groups excluding carboxylic acids is 1. The van der Waals surface area contributed by atoms with Crippen molar-refractivity contribution >= 4 is 31.9 Å². The molecule has 0 heterocycles. The van der Waals surface area contributed by atoms with E-state index >= 15 is 0 Å². The van der Waals surface area contributed by atoms with Crippen molar-refractivity contribution in [3.8, 4) is 0 Å². The molecule has 19 heavy (non-hydrogen) atoms. The number of methoxy groups -OCH3 is 1. The largest absolute Gasteiger partial charge is 0.380 e. The highest BCUT2D eigenvalue weighted by atomic mass is 79.9. The Labute approximate surface area is 120 Å². The third-order valence-electron chi connectivity index (χ3n) is 2.46. The molecule has 1 aromatic rings. The smallest absolute Gasteiger partial charge is 0.252 e. The molecule has 6 nitrogen and oxygen atoms in total. The number of nitrogens with one attached hydrogen (secondary N) is 1. The number of carbonyl (C=O) groups is 1. The Morgan fingerprint density at radius 2 is 2.16 bits per heavy atom. The number of rotatable bonds is 5. The zero-order valence-electron chi connectivity index (χ0n) is 10.5. The van der Waals surface area contributed by atoms with Gasteiger partial charge in [0.1, 0.15) is 0 Å². The number of hydrogen-bond donors (Lipinski definition) is 2. The molecule has 1 rings (SSSR count). The molecule has 0 radical (unpaired) electrons. The summed E-state index contributed by atoms with van der Waals surface area (Å²) in [4.78, 5) is 11.8. The van der Waals surface area contributed by atoms with Crippen molar-refractivity contribution < 1.29 is 17.9 Å². The van der Waals surface area contributed by atoms with Gasteiger partial charge in [-0.15, -0.1) is 0 Å². The molecule has 0 saturated heterocycles. The summed E-state index contributed by atoms with van der Waals surface area (Å²) in [5.74, 6) is -0.402. The van der Waals surface area contributed by atoms with Crippen LogP contribution in [0.1, 0.15) is 17.3 Å². The van der Waals surface area contributed by atoms with Gasteiger partial charge in [-0.25, -0.2) is 13.6 Å². The van der Waals surface area contributed by atoms with Gasteiger partial charge in [-0.3, -0.25) is 4.79 Å². The maximum Gasteiger partial charge on any atom is 0.252 e. The first-order chi connectivity index (χ1) is 8.75. The van der Waals surface area contributed by atoms with E-state index in [1.54, 1.807) is 6.92 Å². The van der Waals surface area contributed by atoms with Gasteiger partial charge in [-0.05, 0) is 41.1 Å². The van der Waals surface area contributed by atoms with Crippen LogP contribution < -0.4 is 10.5 Å². The lowest BCUT2D eigenvalue weighted by molar-refractivity contribution is 0.0869. The molecule has 0 aromatic heterocycles. The topological polar surface area (TPSA) is 98.5 Å². The van der Waals surface area contributed by atoms with Crippen LogP contribution in [0.25, 0.3) is 0 Å². The summed E-state index contributed by atoms with van der Waals surface area (Å²) in [6.07, 6.45) is -0.135. The minimum Gasteiger partial charge on any atom is -0.380 e. The quantitative estimate of drug-likeness (QED) is 0.822. The predicted octanol–water partition coefficient (Wildman–Crippen LogP) is 0.861.